The summed E-state index contributed by atoms with van der Waals surface area (Å²) in [6.45, 7) is 1.69. The van der Waals surface area contributed by atoms with Gasteiger partial charge in [-0.25, -0.2) is 9.37 Å². The zero-order valence-corrected chi connectivity index (χ0v) is 16.8. The highest BCUT2D eigenvalue weighted by Gasteiger charge is 2.23. The predicted octanol–water partition coefficient (Wildman–Crippen LogP) is 6.25. The van der Waals surface area contributed by atoms with Gasteiger partial charge in [-0.3, -0.25) is 0 Å². The summed E-state index contributed by atoms with van der Waals surface area (Å²) < 4.78 is 25.6. The topological polar surface area (TPSA) is 87.3 Å². The molecule has 0 aliphatic heterocycles. The van der Waals surface area contributed by atoms with E-state index in [0.29, 0.717) is 22.2 Å². The van der Waals surface area contributed by atoms with Crippen LogP contribution in [0, 0.1) is 5.82 Å². The van der Waals surface area contributed by atoms with Crippen LogP contribution in [0.5, 0.6) is 5.75 Å². The molecule has 4 rings (SSSR count). The first-order chi connectivity index (χ1) is 13.9. The minimum absolute atomic E-state index is 0.108. The molecule has 5 nitrogen and oxygen atoms in total. The third-order valence-corrected chi connectivity index (χ3v) is 5.29. The number of nitrogen functional groups attached to an aromatic ring is 2. The highest BCUT2D eigenvalue weighted by Crippen LogP contribution is 2.41. The lowest BCUT2D eigenvalue weighted by molar-refractivity contribution is 0.227. The largest absolute Gasteiger partial charge is 0.478 e. The molecule has 0 amide bonds. The molecule has 1 unspecified atom stereocenters. The van der Waals surface area contributed by atoms with Crippen LogP contribution < -0.4 is 16.2 Å². The lowest BCUT2D eigenvalue weighted by Crippen LogP contribution is -2.08. The van der Waals surface area contributed by atoms with E-state index in [-0.39, 0.29) is 21.6 Å². The van der Waals surface area contributed by atoms with Crippen molar-refractivity contribution in [3.63, 3.8) is 0 Å². The summed E-state index contributed by atoms with van der Waals surface area (Å²) >= 11 is 12.3. The van der Waals surface area contributed by atoms with E-state index in [1.807, 2.05) is 18.2 Å². The van der Waals surface area contributed by atoms with Crippen molar-refractivity contribution in [2.45, 2.75) is 13.0 Å². The maximum Gasteiger partial charge on any atom is 0.205 e. The smallest absolute Gasteiger partial charge is 0.205 e. The first-order valence-electron chi connectivity index (χ1n) is 8.68. The van der Waals surface area contributed by atoms with Gasteiger partial charge in [-0.2, -0.15) is 0 Å². The summed E-state index contributed by atoms with van der Waals surface area (Å²) in [5.41, 5.74) is 14.9. The molecule has 0 saturated carbocycles. The summed E-state index contributed by atoms with van der Waals surface area (Å²) in [7, 11) is 0. The van der Waals surface area contributed by atoms with Crippen molar-refractivity contribution in [2.75, 3.05) is 11.5 Å². The summed E-state index contributed by atoms with van der Waals surface area (Å²) in [5, 5.41) is 0.870. The summed E-state index contributed by atoms with van der Waals surface area (Å²) in [4.78, 5) is 4.22. The Bertz CT molecular complexity index is 1230. The van der Waals surface area contributed by atoms with Crippen molar-refractivity contribution in [3.05, 3.63) is 70.3 Å². The second kappa shape index (κ2) is 7.46. The minimum Gasteiger partial charge on any atom is -0.478 e. The molecule has 4 aromatic rings. The Morgan fingerprint density at radius 1 is 1.17 bits per heavy atom. The zero-order chi connectivity index (χ0) is 20.7. The van der Waals surface area contributed by atoms with Crippen LogP contribution in [0.2, 0.25) is 10.0 Å². The third kappa shape index (κ3) is 3.45. The van der Waals surface area contributed by atoms with Crippen molar-refractivity contribution in [1.82, 2.24) is 4.98 Å². The summed E-state index contributed by atoms with van der Waals surface area (Å²) in [5.74, 6) is -0.240. The van der Waals surface area contributed by atoms with E-state index in [9.17, 15) is 4.39 Å². The standard InChI is InChI=1S/C21H16Cl2FN3O2/c1-10(17-15(22)5-6-16(24)18(17)23)29-20-19-13(8-27-21(20)26)14(9-28-19)11-3-2-4-12(25)7-11/h2-10H,25H2,1H3,(H2,26,27). The number of furan rings is 1. The van der Waals surface area contributed by atoms with E-state index in [0.717, 1.165) is 11.1 Å². The normalized spacial score (nSPS) is 12.3. The van der Waals surface area contributed by atoms with Gasteiger partial charge in [0, 0.05) is 28.0 Å². The molecule has 8 heteroatoms. The van der Waals surface area contributed by atoms with Crippen molar-refractivity contribution < 1.29 is 13.5 Å². The van der Waals surface area contributed by atoms with Gasteiger partial charge < -0.3 is 20.6 Å². The van der Waals surface area contributed by atoms with Gasteiger partial charge in [0.25, 0.3) is 0 Å². The molecule has 0 aliphatic rings. The van der Waals surface area contributed by atoms with Crippen LogP contribution >= 0.6 is 23.2 Å². The first kappa shape index (κ1) is 19.4. The molecule has 2 heterocycles. The number of rotatable bonds is 4. The van der Waals surface area contributed by atoms with E-state index in [2.05, 4.69) is 4.98 Å². The first-order valence-corrected chi connectivity index (χ1v) is 9.44. The Morgan fingerprint density at radius 2 is 1.97 bits per heavy atom. The maximum atomic E-state index is 13.9. The second-order valence-corrected chi connectivity index (χ2v) is 7.29. The monoisotopic (exact) mass is 431 g/mol. The molecular formula is C21H16Cl2FN3O2. The van der Waals surface area contributed by atoms with Crippen LogP contribution in [0.1, 0.15) is 18.6 Å². The molecule has 2 aromatic heterocycles. The fourth-order valence-electron chi connectivity index (χ4n) is 3.17. The highest BCUT2D eigenvalue weighted by molar-refractivity contribution is 6.36. The van der Waals surface area contributed by atoms with Crippen LogP contribution in [0.4, 0.5) is 15.9 Å². The Balaban J connectivity index is 1.79. The van der Waals surface area contributed by atoms with Gasteiger partial charge >= 0.3 is 0 Å². The number of pyridine rings is 1. The van der Waals surface area contributed by atoms with Gasteiger partial charge in [-0.1, -0.05) is 35.3 Å². The number of ether oxygens (including phenoxy) is 1. The molecule has 29 heavy (non-hydrogen) atoms. The number of aromatic nitrogens is 1. The quantitative estimate of drug-likeness (QED) is 0.294. The number of nitrogens with zero attached hydrogens (tertiary/aromatic N) is 1. The van der Waals surface area contributed by atoms with E-state index < -0.39 is 11.9 Å². The fraction of sp³-hybridized carbons (Fsp3) is 0.0952. The molecule has 0 fully saturated rings. The van der Waals surface area contributed by atoms with Crippen LogP contribution in [-0.4, -0.2) is 4.98 Å². The van der Waals surface area contributed by atoms with Crippen LogP contribution in [-0.2, 0) is 0 Å². The van der Waals surface area contributed by atoms with Crippen molar-refractivity contribution in [1.29, 1.82) is 0 Å². The lowest BCUT2D eigenvalue weighted by Gasteiger charge is -2.18. The average molecular weight is 432 g/mol. The Hall–Kier alpha value is -2.96. The van der Waals surface area contributed by atoms with Gasteiger partial charge in [0.1, 0.15) is 11.9 Å². The number of fused-ring (bicyclic) bond motifs is 1. The predicted molar refractivity (Wildman–Crippen MR) is 114 cm³/mol. The summed E-state index contributed by atoms with van der Waals surface area (Å²) in [6, 6.07) is 10.0. The molecule has 0 radical (unpaired) electrons. The van der Waals surface area contributed by atoms with Crippen molar-refractivity contribution >= 4 is 45.7 Å². The van der Waals surface area contributed by atoms with Gasteiger partial charge in [-0.05, 0) is 36.8 Å². The van der Waals surface area contributed by atoms with Gasteiger partial charge in [0.2, 0.25) is 5.75 Å². The number of hydrogen-bond acceptors (Lipinski definition) is 5. The number of nitrogens with two attached hydrogens (primary N) is 2. The Kier molecular flexibility index (Phi) is 4.98. The van der Waals surface area contributed by atoms with Gasteiger partial charge in [-0.15, -0.1) is 0 Å². The molecule has 0 spiro atoms. The zero-order valence-electron chi connectivity index (χ0n) is 15.2. The molecule has 4 N–H and O–H groups in total. The Labute approximate surface area is 176 Å². The number of benzene rings is 2. The van der Waals surface area contributed by atoms with Gasteiger partial charge in [0.15, 0.2) is 11.4 Å². The van der Waals surface area contributed by atoms with Crippen molar-refractivity contribution in [2.24, 2.45) is 0 Å². The maximum absolute atomic E-state index is 13.9. The molecule has 0 bridgehead atoms. The third-order valence-electron chi connectivity index (χ3n) is 4.58. The summed E-state index contributed by atoms with van der Waals surface area (Å²) in [6.07, 6.45) is 2.48. The van der Waals surface area contributed by atoms with E-state index >= 15 is 0 Å². The van der Waals surface area contributed by atoms with Crippen LogP contribution in [0.25, 0.3) is 22.1 Å². The molecule has 148 valence electrons. The average Bonchev–Trinajstić information content (AvgIpc) is 3.12. The SMILES string of the molecule is CC(Oc1c(N)ncc2c(-c3cccc(N)c3)coc12)c1c(Cl)ccc(F)c1Cl. The molecule has 0 aliphatic carbocycles. The molecular weight excluding hydrogens is 416 g/mol. The molecule has 1 atom stereocenters. The van der Waals surface area contributed by atoms with E-state index in [1.54, 1.807) is 25.5 Å². The van der Waals surface area contributed by atoms with Gasteiger partial charge in [0.05, 0.1) is 16.7 Å². The number of halogens is 3. The second-order valence-electron chi connectivity index (χ2n) is 6.51. The minimum atomic E-state index is -0.707. The van der Waals surface area contributed by atoms with E-state index in [1.165, 1.54) is 12.1 Å². The lowest BCUT2D eigenvalue weighted by atomic mass is 10.1. The fourth-order valence-corrected chi connectivity index (χ4v) is 3.85. The van der Waals surface area contributed by atoms with Crippen LogP contribution in [0.15, 0.2) is 53.3 Å². The van der Waals surface area contributed by atoms with Crippen molar-refractivity contribution in [3.8, 4) is 16.9 Å². The number of anilines is 2. The highest BCUT2D eigenvalue weighted by atomic mass is 35.5. The molecule has 2 aromatic carbocycles. The van der Waals surface area contributed by atoms with Crippen LogP contribution in [0.3, 0.4) is 0 Å². The molecule has 0 saturated heterocycles. The number of hydrogen-bond donors (Lipinski definition) is 2. The Morgan fingerprint density at radius 3 is 2.72 bits per heavy atom. The van der Waals surface area contributed by atoms with E-state index in [4.69, 9.17) is 43.8 Å².